The molecule has 3 aromatic carbocycles. The average Bonchev–Trinajstić information content (AvgIpc) is 3.77. The zero-order chi connectivity index (χ0) is 32.4. The fraction of sp³-hybridized carbons (Fsp3) is 0.371. The Morgan fingerprint density at radius 2 is 1.54 bits per heavy atom. The predicted molar refractivity (Wildman–Crippen MR) is 175 cm³/mol. The molecule has 1 aliphatic carbocycles. The molecule has 0 bridgehead atoms. The monoisotopic (exact) mass is 626 g/mol. The van der Waals surface area contributed by atoms with E-state index in [0.29, 0.717) is 28.7 Å². The molecule has 1 saturated carbocycles. The molecule has 11 heteroatoms. The standard InChI is InChI=1S/C35H38N4O7/c1-43-29-14-10-22(19-31(29)45-3)18-23-8-7-9-26-33(23)36-38(34(26)24-12-15-30(44-2)32(21-24)46-4)35(40)25-11-13-27(28(20-25)39(41)42)37-16-5-6-17-37/h10-15,18-21,26,34H,5-9,16-17H2,1-4H3. The van der Waals surface area contributed by atoms with E-state index < -0.39 is 16.9 Å². The maximum atomic E-state index is 14.4. The van der Waals surface area contributed by atoms with E-state index in [9.17, 15) is 14.9 Å². The van der Waals surface area contributed by atoms with Gasteiger partial charge in [-0.2, -0.15) is 5.10 Å². The molecule has 2 heterocycles. The number of ether oxygens (including phenoxy) is 4. The molecule has 6 rings (SSSR count). The number of allylic oxidation sites excluding steroid dienone is 1. The van der Waals surface area contributed by atoms with E-state index in [1.54, 1.807) is 40.6 Å². The summed E-state index contributed by atoms with van der Waals surface area (Å²) in [6.45, 7) is 1.51. The Bertz CT molecular complexity index is 1710. The number of carbonyl (C=O) groups excluding carboxylic acids is 1. The summed E-state index contributed by atoms with van der Waals surface area (Å²) in [7, 11) is 6.36. The Labute approximate surface area is 268 Å². The van der Waals surface area contributed by atoms with Crippen molar-refractivity contribution in [2.24, 2.45) is 11.0 Å². The van der Waals surface area contributed by atoms with Gasteiger partial charge in [-0.05, 0) is 91.3 Å². The van der Waals surface area contributed by atoms with Gasteiger partial charge in [-0.25, -0.2) is 5.01 Å². The summed E-state index contributed by atoms with van der Waals surface area (Å²) in [5, 5.41) is 18.7. The summed E-state index contributed by atoms with van der Waals surface area (Å²) in [6.07, 6.45) is 6.57. The van der Waals surface area contributed by atoms with Crippen molar-refractivity contribution in [3.8, 4) is 23.0 Å². The Balaban J connectivity index is 1.43. The number of benzene rings is 3. The second-order valence-corrected chi connectivity index (χ2v) is 11.6. The first kappa shape index (κ1) is 30.9. The van der Waals surface area contributed by atoms with E-state index in [1.807, 2.05) is 41.3 Å². The third-order valence-electron chi connectivity index (χ3n) is 9.07. The highest BCUT2D eigenvalue weighted by molar-refractivity contribution is 6.09. The Morgan fingerprint density at radius 1 is 0.870 bits per heavy atom. The molecule has 0 aromatic heterocycles. The van der Waals surface area contributed by atoms with Crippen LogP contribution in [0.1, 0.15) is 59.6 Å². The molecule has 240 valence electrons. The summed E-state index contributed by atoms with van der Waals surface area (Å²) in [5.41, 5.74) is 4.30. The van der Waals surface area contributed by atoms with Crippen molar-refractivity contribution < 1.29 is 28.7 Å². The number of nitro benzene ring substituents is 1. The highest BCUT2D eigenvalue weighted by Gasteiger charge is 2.44. The van der Waals surface area contributed by atoms with E-state index in [2.05, 4.69) is 6.08 Å². The zero-order valence-electron chi connectivity index (χ0n) is 26.5. The Hall–Kier alpha value is -5.06. The number of carbonyl (C=O) groups is 1. The highest BCUT2D eigenvalue weighted by Crippen LogP contribution is 2.47. The first-order valence-corrected chi connectivity index (χ1v) is 15.5. The number of anilines is 1. The fourth-order valence-electron chi connectivity index (χ4n) is 6.84. The summed E-state index contributed by atoms with van der Waals surface area (Å²) < 4.78 is 22.0. The van der Waals surface area contributed by atoms with E-state index in [-0.39, 0.29) is 17.2 Å². The number of nitrogens with zero attached hydrogens (tertiary/aromatic N) is 4. The minimum absolute atomic E-state index is 0.0753. The van der Waals surface area contributed by atoms with E-state index in [1.165, 1.54) is 11.1 Å². The van der Waals surface area contributed by atoms with Crippen LogP contribution in [0.25, 0.3) is 6.08 Å². The van der Waals surface area contributed by atoms with Crippen LogP contribution in [0.4, 0.5) is 11.4 Å². The molecule has 3 aliphatic rings. The van der Waals surface area contributed by atoms with Gasteiger partial charge in [0.15, 0.2) is 23.0 Å². The number of amides is 1. The largest absolute Gasteiger partial charge is 0.493 e. The van der Waals surface area contributed by atoms with Gasteiger partial charge in [0.25, 0.3) is 11.6 Å². The maximum Gasteiger partial charge on any atom is 0.293 e. The number of methoxy groups -OCH3 is 4. The zero-order valence-corrected chi connectivity index (χ0v) is 26.5. The number of hydrogen-bond acceptors (Lipinski definition) is 9. The maximum absolute atomic E-state index is 14.4. The molecule has 2 atom stereocenters. The molecule has 11 nitrogen and oxygen atoms in total. The Kier molecular flexibility index (Phi) is 8.83. The second-order valence-electron chi connectivity index (χ2n) is 11.6. The average molecular weight is 627 g/mol. The summed E-state index contributed by atoms with van der Waals surface area (Å²) >= 11 is 0. The van der Waals surface area contributed by atoms with Crippen LogP contribution >= 0.6 is 0 Å². The lowest BCUT2D eigenvalue weighted by atomic mass is 9.77. The van der Waals surface area contributed by atoms with Crippen molar-refractivity contribution in [3.63, 3.8) is 0 Å². The molecule has 0 spiro atoms. The van der Waals surface area contributed by atoms with Crippen LogP contribution in [-0.4, -0.2) is 63.1 Å². The van der Waals surface area contributed by atoms with Gasteiger partial charge in [-0.15, -0.1) is 0 Å². The molecular formula is C35H38N4O7. The quantitative estimate of drug-likeness (QED) is 0.191. The Morgan fingerprint density at radius 3 is 2.22 bits per heavy atom. The van der Waals surface area contributed by atoms with Crippen LogP contribution in [0.5, 0.6) is 23.0 Å². The number of nitro groups is 1. The lowest BCUT2D eigenvalue weighted by Gasteiger charge is -2.30. The number of rotatable bonds is 9. The molecule has 0 radical (unpaired) electrons. The SMILES string of the molecule is COc1ccc(C=C2CCCC3C2=NN(C(=O)c2ccc(N4CCCC4)c([N+](=O)[O-])c2)C3c2ccc(OC)c(OC)c2)cc1OC. The number of fused-ring (bicyclic) bond motifs is 1. The van der Waals surface area contributed by atoms with Gasteiger partial charge in [0.1, 0.15) is 5.69 Å². The van der Waals surface area contributed by atoms with E-state index in [0.717, 1.165) is 67.6 Å². The number of hydrazone groups is 1. The first-order chi connectivity index (χ1) is 22.4. The van der Waals surface area contributed by atoms with Gasteiger partial charge in [0, 0.05) is 30.6 Å². The van der Waals surface area contributed by atoms with Crippen LogP contribution in [0.3, 0.4) is 0 Å². The topological polar surface area (TPSA) is 116 Å². The lowest BCUT2D eigenvalue weighted by Crippen LogP contribution is -2.32. The summed E-state index contributed by atoms with van der Waals surface area (Å²) in [4.78, 5) is 28.1. The molecule has 46 heavy (non-hydrogen) atoms. The van der Waals surface area contributed by atoms with Gasteiger partial charge in [0.05, 0.1) is 45.1 Å². The third kappa shape index (κ3) is 5.73. The van der Waals surface area contributed by atoms with Gasteiger partial charge >= 0.3 is 0 Å². The number of hydrogen-bond donors (Lipinski definition) is 0. The molecule has 3 aromatic rings. The minimum Gasteiger partial charge on any atom is -0.493 e. The van der Waals surface area contributed by atoms with Crippen molar-refractivity contribution in [3.05, 3.63) is 87.0 Å². The van der Waals surface area contributed by atoms with Crippen molar-refractivity contribution in [2.45, 2.75) is 38.1 Å². The van der Waals surface area contributed by atoms with Crippen molar-refractivity contribution in [2.75, 3.05) is 46.4 Å². The van der Waals surface area contributed by atoms with E-state index >= 15 is 0 Å². The lowest BCUT2D eigenvalue weighted by molar-refractivity contribution is -0.384. The van der Waals surface area contributed by atoms with Gasteiger partial charge in [-0.3, -0.25) is 14.9 Å². The summed E-state index contributed by atoms with van der Waals surface area (Å²) in [5.74, 6) is 1.89. The highest BCUT2D eigenvalue weighted by atomic mass is 16.6. The van der Waals surface area contributed by atoms with Crippen LogP contribution in [0, 0.1) is 16.0 Å². The van der Waals surface area contributed by atoms with Crippen molar-refractivity contribution in [1.82, 2.24) is 5.01 Å². The summed E-state index contributed by atoms with van der Waals surface area (Å²) in [6, 6.07) is 15.7. The van der Waals surface area contributed by atoms with Gasteiger partial charge < -0.3 is 23.8 Å². The van der Waals surface area contributed by atoms with Crippen molar-refractivity contribution in [1.29, 1.82) is 0 Å². The normalized spacial score (nSPS) is 19.9. The molecule has 2 fully saturated rings. The fourth-order valence-corrected chi connectivity index (χ4v) is 6.84. The molecule has 0 N–H and O–H groups in total. The van der Waals surface area contributed by atoms with Crippen LogP contribution in [0.15, 0.2) is 65.3 Å². The molecule has 2 aliphatic heterocycles. The minimum atomic E-state index is -0.450. The third-order valence-corrected chi connectivity index (χ3v) is 9.07. The molecular weight excluding hydrogens is 588 g/mol. The van der Waals surface area contributed by atoms with Crippen LogP contribution in [-0.2, 0) is 0 Å². The molecule has 1 amide bonds. The van der Waals surface area contributed by atoms with Crippen molar-refractivity contribution >= 4 is 29.1 Å². The predicted octanol–water partition coefficient (Wildman–Crippen LogP) is 6.67. The van der Waals surface area contributed by atoms with E-state index in [4.69, 9.17) is 24.0 Å². The van der Waals surface area contributed by atoms with Crippen LogP contribution < -0.4 is 23.8 Å². The smallest absolute Gasteiger partial charge is 0.293 e. The molecule has 2 unspecified atom stereocenters. The molecule has 1 saturated heterocycles. The van der Waals surface area contributed by atoms with Gasteiger partial charge in [-0.1, -0.05) is 12.1 Å². The first-order valence-electron chi connectivity index (χ1n) is 15.5. The second kappa shape index (κ2) is 13.1. The van der Waals surface area contributed by atoms with Crippen LogP contribution in [0.2, 0.25) is 0 Å². The van der Waals surface area contributed by atoms with Gasteiger partial charge in [0.2, 0.25) is 0 Å².